The van der Waals surface area contributed by atoms with Gasteiger partial charge in [-0.1, -0.05) is 29.3 Å². The molecule has 24 heavy (non-hydrogen) atoms. The summed E-state index contributed by atoms with van der Waals surface area (Å²) in [4.78, 5) is 12.4. The first-order valence-electron chi connectivity index (χ1n) is 7.37. The van der Waals surface area contributed by atoms with Crippen LogP contribution in [0, 0.1) is 13.8 Å². The molecular formula is C17H17ClN6. The first kappa shape index (κ1) is 16.0. The number of benzene rings is 1. The Labute approximate surface area is 145 Å². The van der Waals surface area contributed by atoms with E-state index in [2.05, 4.69) is 38.6 Å². The second kappa shape index (κ2) is 6.72. The van der Waals surface area contributed by atoms with Crippen molar-refractivity contribution < 1.29 is 0 Å². The smallest absolute Gasteiger partial charge is 0.159 e. The summed E-state index contributed by atoms with van der Waals surface area (Å²) in [6, 6.07) is 9.70. The third-order valence-corrected chi connectivity index (χ3v) is 3.83. The summed E-state index contributed by atoms with van der Waals surface area (Å²) in [5.41, 5.74) is 10.5. The van der Waals surface area contributed by atoms with Gasteiger partial charge in [-0.3, -0.25) is 0 Å². The Bertz CT molecular complexity index is 881. The lowest BCUT2D eigenvalue weighted by Crippen LogP contribution is -2.06. The van der Waals surface area contributed by atoms with E-state index in [1.165, 1.54) is 11.9 Å². The molecule has 0 atom stereocenters. The van der Waals surface area contributed by atoms with Crippen LogP contribution >= 0.6 is 11.6 Å². The molecular weight excluding hydrogens is 324 g/mol. The number of hydrogen-bond donors (Lipinski definition) is 3. The molecule has 0 radical (unpaired) electrons. The molecule has 0 amide bonds. The minimum atomic E-state index is 0.347. The first-order valence-corrected chi connectivity index (χ1v) is 7.74. The Hall–Kier alpha value is -2.86. The maximum absolute atomic E-state index is 6.20. The van der Waals surface area contributed by atoms with Gasteiger partial charge in [-0.15, -0.1) is 0 Å². The summed E-state index contributed by atoms with van der Waals surface area (Å²) in [5, 5.41) is 6.67. The highest BCUT2D eigenvalue weighted by Gasteiger charge is 2.11. The fourth-order valence-electron chi connectivity index (χ4n) is 2.28. The quantitative estimate of drug-likeness (QED) is 0.616. The van der Waals surface area contributed by atoms with Crippen LogP contribution in [0.25, 0.3) is 0 Å². The van der Waals surface area contributed by atoms with Gasteiger partial charge in [0.25, 0.3) is 0 Å². The molecule has 2 aromatic heterocycles. The highest BCUT2D eigenvalue weighted by atomic mass is 35.5. The Balaban J connectivity index is 1.89. The summed E-state index contributed by atoms with van der Waals surface area (Å²) in [7, 11) is 0. The van der Waals surface area contributed by atoms with Crippen LogP contribution in [-0.4, -0.2) is 15.0 Å². The van der Waals surface area contributed by atoms with Crippen molar-refractivity contribution >= 4 is 40.3 Å². The summed E-state index contributed by atoms with van der Waals surface area (Å²) in [6.45, 7) is 4.08. The van der Waals surface area contributed by atoms with Gasteiger partial charge in [0, 0.05) is 11.9 Å². The van der Waals surface area contributed by atoms with Gasteiger partial charge in [-0.25, -0.2) is 15.0 Å². The third kappa shape index (κ3) is 3.38. The van der Waals surface area contributed by atoms with E-state index >= 15 is 0 Å². The van der Waals surface area contributed by atoms with Gasteiger partial charge in [-0.05, 0) is 37.6 Å². The minimum Gasteiger partial charge on any atom is -0.393 e. The van der Waals surface area contributed by atoms with Crippen LogP contribution in [0.1, 0.15) is 11.1 Å². The Morgan fingerprint density at radius 3 is 2.33 bits per heavy atom. The Morgan fingerprint density at radius 1 is 0.958 bits per heavy atom. The number of nitrogens with two attached hydrogens (primary N) is 1. The first-order chi connectivity index (χ1) is 11.5. The molecule has 0 saturated carbocycles. The lowest BCUT2D eigenvalue weighted by molar-refractivity contribution is 1.17. The second-order valence-corrected chi connectivity index (χ2v) is 5.75. The number of pyridine rings is 1. The van der Waals surface area contributed by atoms with Gasteiger partial charge >= 0.3 is 0 Å². The SMILES string of the molecule is Cc1ccc(Nc2ncnc(Nc3cccnc3Cl)c2N)c(C)c1. The summed E-state index contributed by atoms with van der Waals surface area (Å²) < 4.78 is 0. The number of nitrogens with one attached hydrogen (secondary N) is 2. The molecule has 7 heteroatoms. The van der Waals surface area contributed by atoms with Crippen molar-refractivity contribution in [3.63, 3.8) is 0 Å². The topological polar surface area (TPSA) is 88.8 Å². The zero-order chi connectivity index (χ0) is 17.1. The van der Waals surface area contributed by atoms with E-state index in [1.54, 1.807) is 18.3 Å². The fraction of sp³-hybridized carbons (Fsp3) is 0.118. The lowest BCUT2D eigenvalue weighted by Gasteiger charge is -2.14. The van der Waals surface area contributed by atoms with Crippen LogP contribution in [-0.2, 0) is 0 Å². The molecule has 0 aliphatic carbocycles. The number of aromatic nitrogens is 3. The molecule has 0 bridgehead atoms. The monoisotopic (exact) mass is 340 g/mol. The van der Waals surface area contributed by atoms with Crippen LogP contribution in [0.3, 0.4) is 0 Å². The van der Waals surface area contributed by atoms with E-state index in [9.17, 15) is 0 Å². The fourth-order valence-corrected chi connectivity index (χ4v) is 2.45. The zero-order valence-corrected chi connectivity index (χ0v) is 14.1. The molecule has 2 heterocycles. The van der Waals surface area contributed by atoms with Crippen LogP contribution in [0.5, 0.6) is 0 Å². The molecule has 0 spiro atoms. The third-order valence-electron chi connectivity index (χ3n) is 3.53. The molecule has 0 aliphatic rings. The van der Waals surface area contributed by atoms with Gasteiger partial charge in [0.1, 0.15) is 12.0 Å². The van der Waals surface area contributed by atoms with Crippen molar-refractivity contribution in [2.45, 2.75) is 13.8 Å². The number of aryl methyl sites for hydroxylation is 2. The van der Waals surface area contributed by atoms with Crippen molar-refractivity contribution in [2.75, 3.05) is 16.4 Å². The molecule has 3 rings (SSSR count). The van der Waals surface area contributed by atoms with E-state index in [4.69, 9.17) is 17.3 Å². The summed E-state index contributed by atoms with van der Waals surface area (Å²) >= 11 is 6.06. The maximum Gasteiger partial charge on any atom is 0.159 e. The molecule has 0 unspecified atom stereocenters. The highest BCUT2D eigenvalue weighted by molar-refractivity contribution is 6.32. The van der Waals surface area contributed by atoms with Crippen molar-refractivity contribution in [3.05, 3.63) is 59.1 Å². The van der Waals surface area contributed by atoms with Gasteiger partial charge < -0.3 is 16.4 Å². The van der Waals surface area contributed by atoms with Gasteiger partial charge in [0.05, 0.1) is 5.69 Å². The van der Waals surface area contributed by atoms with Gasteiger partial charge in [-0.2, -0.15) is 0 Å². The zero-order valence-electron chi connectivity index (χ0n) is 13.3. The van der Waals surface area contributed by atoms with E-state index < -0.39 is 0 Å². The van der Waals surface area contributed by atoms with Crippen LogP contribution in [0.2, 0.25) is 5.15 Å². The molecule has 3 aromatic rings. The van der Waals surface area contributed by atoms with E-state index in [0.717, 1.165) is 11.3 Å². The number of hydrogen-bond acceptors (Lipinski definition) is 6. The molecule has 0 saturated heterocycles. The molecule has 122 valence electrons. The maximum atomic E-state index is 6.20. The molecule has 6 nitrogen and oxygen atoms in total. The average molecular weight is 341 g/mol. The van der Waals surface area contributed by atoms with Crippen molar-refractivity contribution in [1.82, 2.24) is 15.0 Å². The lowest BCUT2D eigenvalue weighted by atomic mass is 10.1. The standard InChI is InChI=1S/C17H17ClN6/c1-10-5-6-12(11(2)8-10)23-16-14(19)17(22-9-21-16)24-13-4-3-7-20-15(13)18/h3-9H,19H2,1-2H3,(H2,21,22,23,24). The van der Waals surface area contributed by atoms with Crippen molar-refractivity contribution in [3.8, 4) is 0 Å². The predicted octanol–water partition coefficient (Wildman–Crippen LogP) is 4.21. The summed E-state index contributed by atoms with van der Waals surface area (Å²) in [5.74, 6) is 0.992. The summed E-state index contributed by atoms with van der Waals surface area (Å²) in [6.07, 6.45) is 3.05. The Morgan fingerprint density at radius 2 is 1.67 bits per heavy atom. The van der Waals surface area contributed by atoms with E-state index in [1.807, 2.05) is 19.1 Å². The Kier molecular flexibility index (Phi) is 4.48. The second-order valence-electron chi connectivity index (χ2n) is 5.39. The van der Waals surface area contributed by atoms with E-state index in [-0.39, 0.29) is 0 Å². The molecule has 0 fully saturated rings. The highest BCUT2D eigenvalue weighted by Crippen LogP contribution is 2.30. The number of nitrogens with zero attached hydrogens (tertiary/aromatic N) is 3. The number of halogens is 1. The number of nitrogen functional groups attached to an aromatic ring is 1. The molecule has 0 aliphatic heterocycles. The van der Waals surface area contributed by atoms with Crippen LogP contribution < -0.4 is 16.4 Å². The van der Waals surface area contributed by atoms with Crippen molar-refractivity contribution in [1.29, 1.82) is 0 Å². The van der Waals surface area contributed by atoms with Crippen molar-refractivity contribution in [2.24, 2.45) is 0 Å². The van der Waals surface area contributed by atoms with Crippen LogP contribution in [0.4, 0.5) is 28.7 Å². The van der Waals surface area contributed by atoms with Gasteiger partial charge in [0.2, 0.25) is 0 Å². The van der Waals surface area contributed by atoms with Gasteiger partial charge in [0.15, 0.2) is 16.8 Å². The number of anilines is 5. The normalized spacial score (nSPS) is 10.5. The predicted molar refractivity (Wildman–Crippen MR) is 98.2 cm³/mol. The molecule has 1 aromatic carbocycles. The van der Waals surface area contributed by atoms with Crippen LogP contribution in [0.15, 0.2) is 42.9 Å². The van der Waals surface area contributed by atoms with E-state index in [0.29, 0.717) is 28.2 Å². The largest absolute Gasteiger partial charge is 0.393 e. The molecule has 4 N–H and O–H groups in total. The average Bonchev–Trinajstić information content (AvgIpc) is 2.55. The minimum absolute atomic E-state index is 0.347. The number of rotatable bonds is 4.